The molecule has 0 bridgehead atoms. The van der Waals surface area contributed by atoms with E-state index in [0.29, 0.717) is 12.6 Å². The molecule has 0 radical (unpaired) electrons. The number of hydrogen-bond donors (Lipinski definition) is 1. The molecule has 2 N–H and O–H groups in total. The average molecular weight is 170 g/mol. The van der Waals surface area contributed by atoms with Crippen molar-refractivity contribution >= 4 is 0 Å². The van der Waals surface area contributed by atoms with E-state index >= 15 is 0 Å². The van der Waals surface area contributed by atoms with Crippen molar-refractivity contribution in [1.29, 1.82) is 0 Å². The summed E-state index contributed by atoms with van der Waals surface area (Å²) in [5.74, 6) is 0. The Morgan fingerprint density at radius 3 is 2.67 bits per heavy atom. The smallest absolute Gasteiger partial charge is 0.0623 e. The molecule has 0 aromatic rings. The van der Waals surface area contributed by atoms with Crippen LogP contribution in [0.1, 0.15) is 19.3 Å². The lowest BCUT2D eigenvalue weighted by atomic mass is 10.0. The molecule has 1 aliphatic heterocycles. The Morgan fingerprint density at radius 2 is 2.17 bits per heavy atom. The maximum Gasteiger partial charge on any atom is 0.0623 e. The fourth-order valence-corrected chi connectivity index (χ4v) is 1.83. The van der Waals surface area contributed by atoms with Crippen molar-refractivity contribution in [2.45, 2.75) is 31.3 Å². The van der Waals surface area contributed by atoms with Crippen LogP contribution in [0, 0.1) is 0 Å². The molecule has 1 heterocycles. The largest absolute Gasteiger partial charge is 0.379 e. The van der Waals surface area contributed by atoms with E-state index in [1.807, 2.05) is 0 Å². The van der Waals surface area contributed by atoms with Crippen LogP contribution in [0.25, 0.3) is 0 Å². The molecule has 1 saturated carbocycles. The van der Waals surface area contributed by atoms with Gasteiger partial charge in [-0.2, -0.15) is 0 Å². The van der Waals surface area contributed by atoms with Gasteiger partial charge in [0.1, 0.15) is 0 Å². The summed E-state index contributed by atoms with van der Waals surface area (Å²) in [7, 11) is 0. The number of ether oxygens (including phenoxy) is 1. The van der Waals surface area contributed by atoms with Crippen molar-refractivity contribution in [3.05, 3.63) is 0 Å². The Morgan fingerprint density at radius 1 is 1.33 bits per heavy atom. The lowest BCUT2D eigenvalue weighted by molar-refractivity contribution is 0.00235. The Hall–Kier alpha value is -0.120. The minimum absolute atomic E-state index is 0.649. The highest BCUT2D eigenvalue weighted by Crippen LogP contribution is 2.34. The van der Waals surface area contributed by atoms with Gasteiger partial charge in [-0.1, -0.05) is 0 Å². The molecule has 0 aromatic heterocycles. The molecule has 3 heteroatoms. The summed E-state index contributed by atoms with van der Waals surface area (Å²) in [6, 6.07) is 1.62. The van der Waals surface area contributed by atoms with Crippen LogP contribution < -0.4 is 5.73 Å². The van der Waals surface area contributed by atoms with Crippen molar-refractivity contribution < 1.29 is 4.74 Å². The third-order valence-corrected chi connectivity index (χ3v) is 2.78. The summed E-state index contributed by atoms with van der Waals surface area (Å²) in [6.45, 7) is 3.56. The van der Waals surface area contributed by atoms with E-state index in [-0.39, 0.29) is 0 Å². The summed E-state index contributed by atoms with van der Waals surface area (Å²) in [5.41, 5.74) is 5.34. The van der Waals surface area contributed by atoms with Gasteiger partial charge < -0.3 is 10.5 Å². The van der Waals surface area contributed by atoms with Crippen molar-refractivity contribution in [2.24, 2.45) is 5.73 Å². The third-order valence-electron chi connectivity index (χ3n) is 2.78. The molecular weight excluding hydrogens is 152 g/mol. The van der Waals surface area contributed by atoms with Crippen molar-refractivity contribution in [3.8, 4) is 0 Å². The van der Waals surface area contributed by atoms with Gasteiger partial charge >= 0.3 is 0 Å². The number of nitrogens with two attached hydrogens (primary N) is 1. The topological polar surface area (TPSA) is 38.5 Å². The van der Waals surface area contributed by atoms with Crippen molar-refractivity contribution in [3.63, 3.8) is 0 Å². The molecule has 0 amide bonds. The zero-order valence-electron chi connectivity index (χ0n) is 7.54. The molecule has 1 atom stereocenters. The molecule has 0 spiro atoms. The van der Waals surface area contributed by atoms with Gasteiger partial charge in [0.2, 0.25) is 0 Å². The highest BCUT2D eigenvalue weighted by molar-refractivity contribution is 4.94. The number of nitrogens with zero attached hydrogens (tertiary/aromatic N) is 1. The fourth-order valence-electron chi connectivity index (χ4n) is 1.83. The first kappa shape index (κ1) is 8.48. The predicted molar refractivity (Wildman–Crippen MR) is 48.0 cm³/mol. The van der Waals surface area contributed by atoms with E-state index in [0.717, 1.165) is 19.3 Å². The summed E-state index contributed by atoms with van der Waals surface area (Å²) in [6.07, 6.45) is 4.14. The van der Waals surface area contributed by atoms with E-state index in [4.69, 9.17) is 10.5 Å². The minimum Gasteiger partial charge on any atom is -0.379 e. The second-order valence-corrected chi connectivity index (χ2v) is 3.78. The van der Waals surface area contributed by atoms with Crippen LogP contribution in [0.4, 0.5) is 0 Å². The van der Waals surface area contributed by atoms with Crippen LogP contribution in [-0.4, -0.2) is 43.3 Å². The fraction of sp³-hybridized carbons (Fsp3) is 1.00. The van der Waals surface area contributed by atoms with Crippen molar-refractivity contribution in [2.75, 3.05) is 26.3 Å². The Balaban J connectivity index is 1.60. The normalized spacial score (nSPS) is 30.2. The van der Waals surface area contributed by atoms with Crippen LogP contribution in [0.15, 0.2) is 0 Å². The molecule has 2 fully saturated rings. The number of likely N-dealkylation sites (tertiary alicyclic amines) is 1. The predicted octanol–water partition coefficient (Wildman–Crippen LogP) is 0.198. The van der Waals surface area contributed by atoms with Crippen LogP contribution in [0.3, 0.4) is 0 Å². The zero-order chi connectivity index (χ0) is 8.39. The standard InChI is InChI=1S/C9H18N2O/c10-4-6-12-7-9-3-5-11(9)8-1-2-8/h8-9H,1-7,10H2. The zero-order valence-corrected chi connectivity index (χ0v) is 7.54. The molecule has 1 saturated heterocycles. The van der Waals surface area contributed by atoms with E-state index < -0.39 is 0 Å². The quantitative estimate of drug-likeness (QED) is 0.599. The van der Waals surface area contributed by atoms with Crippen LogP contribution in [-0.2, 0) is 4.74 Å². The van der Waals surface area contributed by atoms with Gasteiger partial charge in [0.25, 0.3) is 0 Å². The molecule has 70 valence electrons. The van der Waals surface area contributed by atoms with E-state index in [2.05, 4.69) is 4.90 Å². The molecule has 2 aliphatic rings. The second kappa shape index (κ2) is 3.73. The van der Waals surface area contributed by atoms with Gasteiger partial charge in [-0.05, 0) is 19.3 Å². The van der Waals surface area contributed by atoms with Crippen molar-refractivity contribution in [1.82, 2.24) is 4.90 Å². The average Bonchev–Trinajstić information content (AvgIpc) is 2.80. The van der Waals surface area contributed by atoms with E-state index in [1.54, 1.807) is 0 Å². The number of rotatable bonds is 5. The lowest BCUT2D eigenvalue weighted by Gasteiger charge is -2.41. The first-order valence-electron chi connectivity index (χ1n) is 4.95. The Labute approximate surface area is 73.9 Å². The summed E-state index contributed by atoms with van der Waals surface area (Å²) >= 11 is 0. The summed E-state index contributed by atoms with van der Waals surface area (Å²) < 4.78 is 5.43. The minimum atomic E-state index is 0.649. The SMILES string of the molecule is NCCOCC1CCN1C1CC1. The van der Waals surface area contributed by atoms with Crippen LogP contribution >= 0.6 is 0 Å². The third kappa shape index (κ3) is 1.79. The monoisotopic (exact) mass is 170 g/mol. The van der Waals surface area contributed by atoms with Gasteiger partial charge in [0.05, 0.1) is 13.2 Å². The summed E-state index contributed by atoms with van der Waals surface area (Å²) in [4.78, 5) is 2.58. The van der Waals surface area contributed by atoms with Crippen LogP contribution in [0.2, 0.25) is 0 Å². The lowest BCUT2D eigenvalue weighted by Crippen LogP contribution is -2.51. The molecular formula is C9H18N2O. The summed E-state index contributed by atoms with van der Waals surface area (Å²) in [5, 5.41) is 0. The molecule has 1 aliphatic carbocycles. The molecule has 1 unspecified atom stereocenters. The van der Waals surface area contributed by atoms with Crippen LogP contribution in [0.5, 0.6) is 0 Å². The van der Waals surface area contributed by atoms with Gasteiger partial charge in [0, 0.05) is 25.2 Å². The molecule has 2 rings (SSSR count). The molecule has 0 aromatic carbocycles. The Bertz CT molecular complexity index is 147. The Kier molecular flexibility index (Phi) is 2.63. The van der Waals surface area contributed by atoms with Gasteiger partial charge in [-0.3, -0.25) is 4.90 Å². The highest BCUT2D eigenvalue weighted by Gasteiger charge is 2.39. The number of hydrogen-bond acceptors (Lipinski definition) is 3. The maximum absolute atomic E-state index is 5.43. The van der Waals surface area contributed by atoms with Gasteiger partial charge in [-0.25, -0.2) is 0 Å². The van der Waals surface area contributed by atoms with Gasteiger partial charge in [-0.15, -0.1) is 0 Å². The second-order valence-electron chi connectivity index (χ2n) is 3.78. The molecule has 3 nitrogen and oxygen atoms in total. The van der Waals surface area contributed by atoms with Gasteiger partial charge in [0.15, 0.2) is 0 Å². The first-order valence-corrected chi connectivity index (χ1v) is 4.95. The first-order chi connectivity index (χ1) is 5.92. The maximum atomic E-state index is 5.43. The highest BCUT2D eigenvalue weighted by atomic mass is 16.5. The molecule has 12 heavy (non-hydrogen) atoms. The van der Waals surface area contributed by atoms with E-state index in [1.165, 1.54) is 25.8 Å². The van der Waals surface area contributed by atoms with E-state index in [9.17, 15) is 0 Å².